The van der Waals surface area contributed by atoms with Crippen LogP contribution < -0.4 is 0 Å². The molecule has 96 valence electrons. The van der Waals surface area contributed by atoms with Crippen LogP contribution in [0.1, 0.15) is 70.6 Å². The van der Waals surface area contributed by atoms with E-state index in [4.69, 9.17) is 0 Å². The van der Waals surface area contributed by atoms with Gasteiger partial charge in [-0.2, -0.15) is 0 Å². The molecule has 0 heteroatoms. The third kappa shape index (κ3) is 5.10. The fraction of sp³-hybridized carbons (Fsp3) is 0.765. The summed E-state index contributed by atoms with van der Waals surface area (Å²) in [4.78, 5) is 0. The standard InChI is InChI=1S/C17H28/c1-4-10-16(11-5-1)14-8-3-9-15-17-12-6-2-7-13-17/h1-2,4,6,16-17H,3,5,7-15H2. The van der Waals surface area contributed by atoms with Crippen LogP contribution in [0.25, 0.3) is 0 Å². The van der Waals surface area contributed by atoms with E-state index in [2.05, 4.69) is 24.3 Å². The smallest absolute Gasteiger partial charge is 0.0322 e. The normalized spacial score (nSPS) is 28.5. The molecule has 0 amide bonds. The SMILES string of the molecule is C1=CCC(CCCCCC2CC=CCC2)CC1. The third-order valence-corrected chi connectivity index (χ3v) is 4.48. The van der Waals surface area contributed by atoms with Gasteiger partial charge in [0, 0.05) is 0 Å². The van der Waals surface area contributed by atoms with Crippen molar-refractivity contribution in [2.75, 3.05) is 0 Å². The number of hydrogen-bond donors (Lipinski definition) is 0. The molecule has 0 aromatic carbocycles. The molecule has 0 radical (unpaired) electrons. The van der Waals surface area contributed by atoms with Gasteiger partial charge < -0.3 is 0 Å². The van der Waals surface area contributed by atoms with E-state index in [0.29, 0.717) is 0 Å². The lowest BCUT2D eigenvalue weighted by atomic mass is 9.87. The largest absolute Gasteiger partial charge is 0.0885 e. The van der Waals surface area contributed by atoms with Crippen LogP contribution in [-0.4, -0.2) is 0 Å². The lowest BCUT2D eigenvalue weighted by Crippen LogP contribution is -2.04. The zero-order chi connectivity index (χ0) is 11.8. The molecule has 0 aromatic heterocycles. The molecule has 2 aliphatic rings. The van der Waals surface area contributed by atoms with E-state index in [-0.39, 0.29) is 0 Å². The Morgan fingerprint density at radius 1 is 0.647 bits per heavy atom. The molecular weight excluding hydrogens is 204 g/mol. The van der Waals surface area contributed by atoms with E-state index in [9.17, 15) is 0 Å². The van der Waals surface area contributed by atoms with Gasteiger partial charge in [0.15, 0.2) is 0 Å². The number of allylic oxidation sites excluding steroid dienone is 4. The van der Waals surface area contributed by atoms with E-state index in [1.807, 2.05) is 0 Å². The quantitative estimate of drug-likeness (QED) is 0.410. The van der Waals surface area contributed by atoms with Gasteiger partial charge in [-0.25, -0.2) is 0 Å². The summed E-state index contributed by atoms with van der Waals surface area (Å²) < 4.78 is 0. The fourth-order valence-corrected chi connectivity index (χ4v) is 3.28. The highest BCUT2D eigenvalue weighted by molar-refractivity contribution is 4.90. The predicted molar refractivity (Wildman–Crippen MR) is 76.0 cm³/mol. The fourth-order valence-electron chi connectivity index (χ4n) is 3.28. The van der Waals surface area contributed by atoms with Crippen molar-refractivity contribution in [1.29, 1.82) is 0 Å². The van der Waals surface area contributed by atoms with Crippen LogP contribution >= 0.6 is 0 Å². The second-order valence-corrected chi connectivity index (χ2v) is 5.94. The Labute approximate surface area is 107 Å². The van der Waals surface area contributed by atoms with Crippen LogP contribution in [0, 0.1) is 11.8 Å². The van der Waals surface area contributed by atoms with Crippen LogP contribution in [0.15, 0.2) is 24.3 Å². The summed E-state index contributed by atoms with van der Waals surface area (Å²) in [6.07, 6.45) is 25.1. The van der Waals surface area contributed by atoms with Crippen LogP contribution in [-0.2, 0) is 0 Å². The number of unbranched alkanes of at least 4 members (excludes halogenated alkanes) is 2. The van der Waals surface area contributed by atoms with Crippen LogP contribution in [0.5, 0.6) is 0 Å². The predicted octanol–water partition coefficient (Wildman–Crippen LogP) is 5.65. The van der Waals surface area contributed by atoms with E-state index in [1.165, 1.54) is 70.6 Å². The van der Waals surface area contributed by atoms with Gasteiger partial charge in [0.25, 0.3) is 0 Å². The topological polar surface area (TPSA) is 0 Å². The Bertz CT molecular complexity index is 223. The summed E-state index contributed by atoms with van der Waals surface area (Å²) >= 11 is 0. The Morgan fingerprint density at radius 3 is 1.59 bits per heavy atom. The zero-order valence-corrected chi connectivity index (χ0v) is 11.2. The van der Waals surface area contributed by atoms with Crippen LogP contribution in [0.4, 0.5) is 0 Å². The average molecular weight is 232 g/mol. The van der Waals surface area contributed by atoms with Crippen molar-refractivity contribution in [2.45, 2.75) is 70.6 Å². The molecule has 0 fully saturated rings. The van der Waals surface area contributed by atoms with E-state index in [0.717, 1.165) is 11.8 Å². The van der Waals surface area contributed by atoms with Gasteiger partial charge in [0.2, 0.25) is 0 Å². The maximum absolute atomic E-state index is 2.39. The minimum Gasteiger partial charge on any atom is -0.0885 e. The van der Waals surface area contributed by atoms with Crippen molar-refractivity contribution in [3.8, 4) is 0 Å². The van der Waals surface area contributed by atoms with Gasteiger partial charge in [0.1, 0.15) is 0 Å². The summed E-state index contributed by atoms with van der Waals surface area (Å²) in [7, 11) is 0. The van der Waals surface area contributed by atoms with Crippen molar-refractivity contribution < 1.29 is 0 Å². The first-order valence-electron chi connectivity index (χ1n) is 7.75. The highest BCUT2D eigenvalue weighted by Gasteiger charge is 2.11. The molecule has 0 N–H and O–H groups in total. The highest BCUT2D eigenvalue weighted by Crippen LogP contribution is 2.26. The summed E-state index contributed by atoms with van der Waals surface area (Å²) in [6.45, 7) is 0. The van der Waals surface area contributed by atoms with E-state index >= 15 is 0 Å². The molecule has 2 unspecified atom stereocenters. The zero-order valence-electron chi connectivity index (χ0n) is 11.2. The molecule has 2 atom stereocenters. The van der Waals surface area contributed by atoms with E-state index < -0.39 is 0 Å². The van der Waals surface area contributed by atoms with Crippen molar-refractivity contribution in [1.82, 2.24) is 0 Å². The van der Waals surface area contributed by atoms with Crippen LogP contribution in [0.2, 0.25) is 0 Å². The molecule has 0 spiro atoms. The molecule has 2 aliphatic carbocycles. The van der Waals surface area contributed by atoms with Crippen molar-refractivity contribution in [3.63, 3.8) is 0 Å². The minimum atomic E-state index is 1.01. The van der Waals surface area contributed by atoms with Gasteiger partial charge in [-0.1, -0.05) is 56.4 Å². The summed E-state index contributed by atoms with van der Waals surface area (Å²) in [5.74, 6) is 2.02. The molecule has 0 aliphatic heterocycles. The van der Waals surface area contributed by atoms with Gasteiger partial charge in [-0.05, 0) is 50.4 Å². The Kier molecular flexibility index (Phi) is 5.88. The summed E-state index contributed by atoms with van der Waals surface area (Å²) in [5, 5.41) is 0. The summed E-state index contributed by atoms with van der Waals surface area (Å²) in [5.41, 5.74) is 0. The first-order chi connectivity index (χ1) is 8.45. The maximum atomic E-state index is 2.39. The third-order valence-electron chi connectivity index (χ3n) is 4.48. The van der Waals surface area contributed by atoms with Gasteiger partial charge in [-0.3, -0.25) is 0 Å². The second-order valence-electron chi connectivity index (χ2n) is 5.94. The molecule has 0 saturated carbocycles. The molecule has 17 heavy (non-hydrogen) atoms. The van der Waals surface area contributed by atoms with Crippen LogP contribution in [0.3, 0.4) is 0 Å². The molecule has 0 saturated heterocycles. The Morgan fingerprint density at radius 2 is 1.18 bits per heavy atom. The average Bonchev–Trinajstić information content (AvgIpc) is 2.41. The molecule has 0 aromatic rings. The van der Waals surface area contributed by atoms with Gasteiger partial charge >= 0.3 is 0 Å². The number of hydrogen-bond acceptors (Lipinski definition) is 0. The molecule has 2 rings (SSSR count). The number of rotatable bonds is 6. The molecule has 0 nitrogen and oxygen atoms in total. The molecule has 0 bridgehead atoms. The van der Waals surface area contributed by atoms with Gasteiger partial charge in [0.05, 0.1) is 0 Å². The second kappa shape index (κ2) is 7.74. The lowest BCUT2D eigenvalue weighted by molar-refractivity contribution is 0.393. The van der Waals surface area contributed by atoms with Gasteiger partial charge in [-0.15, -0.1) is 0 Å². The first kappa shape index (κ1) is 12.9. The maximum Gasteiger partial charge on any atom is -0.0322 e. The molecule has 0 heterocycles. The van der Waals surface area contributed by atoms with Crippen molar-refractivity contribution >= 4 is 0 Å². The molecular formula is C17H28. The Balaban J connectivity index is 1.46. The van der Waals surface area contributed by atoms with E-state index in [1.54, 1.807) is 0 Å². The summed E-state index contributed by atoms with van der Waals surface area (Å²) in [6, 6.07) is 0. The Hall–Kier alpha value is -0.520. The minimum absolute atomic E-state index is 1.01. The van der Waals surface area contributed by atoms with Crippen molar-refractivity contribution in [2.24, 2.45) is 11.8 Å². The highest BCUT2D eigenvalue weighted by atomic mass is 14.2. The lowest BCUT2D eigenvalue weighted by Gasteiger charge is -2.19. The first-order valence-corrected chi connectivity index (χ1v) is 7.75. The monoisotopic (exact) mass is 232 g/mol. The van der Waals surface area contributed by atoms with Crippen molar-refractivity contribution in [3.05, 3.63) is 24.3 Å².